The number of rotatable bonds is 9. The summed E-state index contributed by atoms with van der Waals surface area (Å²) in [4.78, 5) is 37.4. The Labute approximate surface area is 163 Å². The first-order valence-electron chi connectivity index (χ1n) is 8.87. The molecule has 2 rings (SSSR count). The number of amides is 2. The van der Waals surface area contributed by atoms with Crippen molar-refractivity contribution in [1.29, 1.82) is 0 Å². The van der Waals surface area contributed by atoms with Crippen molar-refractivity contribution < 1.29 is 28.6 Å². The Balaban J connectivity index is 2.03. The molecule has 0 bridgehead atoms. The second-order valence-corrected chi connectivity index (χ2v) is 6.60. The smallest absolute Gasteiger partial charge is 0.408 e. The highest BCUT2D eigenvalue weighted by Crippen LogP contribution is 2.12. The third-order valence-electron chi connectivity index (χ3n) is 3.98. The molecule has 0 saturated carbocycles. The molecule has 2 amide bonds. The second-order valence-electron chi connectivity index (χ2n) is 6.60. The summed E-state index contributed by atoms with van der Waals surface area (Å²) < 4.78 is 10.4. The van der Waals surface area contributed by atoms with E-state index in [9.17, 15) is 14.4 Å². The van der Waals surface area contributed by atoms with Crippen molar-refractivity contribution >= 4 is 18.0 Å². The lowest BCUT2D eigenvalue weighted by Crippen LogP contribution is -2.52. The van der Waals surface area contributed by atoms with Gasteiger partial charge in [-0.2, -0.15) is 0 Å². The van der Waals surface area contributed by atoms with Crippen molar-refractivity contribution in [1.82, 2.24) is 10.2 Å². The molecule has 0 fully saturated rings. The quantitative estimate of drug-likeness (QED) is 0.683. The highest BCUT2D eigenvalue weighted by Gasteiger charge is 2.30. The number of carbonyl (C=O) groups excluding carboxylic acids is 2. The molecule has 1 aromatic heterocycles. The van der Waals surface area contributed by atoms with Gasteiger partial charge in [0.25, 0.3) is 0 Å². The molecule has 0 aliphatic rings. The van der Waals surface area contributed by atoms with Crippen molar-refractivity contribution in [2.75, 3.05) is 6.54 Å². The third kappa shape index (κ3) is 6.46. The van der Waals surface area contributed by atoms with E-state index in [0.29, 0.717) is 5.76 Å². The molecule has 0 radical (unpaired) electrons. The first-order chi connectivity index (χ1) is 13.4. The van der Waals surface area contributed by atoms with Crippen LogP contribution in [0.15, 0.2) is 53.1 Å². The monoisotopic (exact) mass is 388 g/mol. The zero-order chi connectivity index (χ0) is 20.5. The molecule has 0 unspecified atom stereocenters. The van der Waals surface area contributed by atoms with Gasteiger partial charge in [0.1, 0.15) is 25.0 Å². The summed E-state index contributed by atoms with van der Waals surface area (Å²) in [5.41, 5.74) is 0.815. The van der Waals surface area contributed by atoms with Gasteiger partial charge in [-0.15, -0.1) is 0 Å². The van der Waals surface area contributed by atoms with Gasteiger partial charge in [0.2, 0.25) is 5.91 Å². The Morgan fingerprint density at radius 1 is 1.14 bits per heavy atom. The Morgan fingerprint density at radius 3 is 2.43 bits per heavy atom. The zero-order valence-corrected chi connectivity index (χ0v) is 15.8. The van der Waals surface area contributed by atoms with Crippen molar-refractivity contribution in [3.05, 3.63) is 60.1 Å². The van der Waals surface area contributed by atoms with E-state index in [1.165, 1.54) is 6.26 Å². The fourth-order valence-corrected chi connectivity index (χ4v) is 2.57. The SMILES string of the molecule is CC(C)[C@H](NC(=O)OCc1ccccc1)C(=O)N(CC(=O)O)Cc1ccco1. The van der Waals surface area contributed by atoms with E-state index in [1.807, 2.05) is 30.3 Å². The molecule has 0 aliphatic heterocycles. The van der Waals surface area contributed by atoms with Crippen molar-refractivity contribution in [3.63, 3.8) is 0 Å². The van der Waals surface area contributed by atoms with Crippen LogP contribution >= 0.6 is 0 Å². The maximum absolute atomic E-state index is 12.9. The van der Waals surface area contributed by atoms with Gasteiger partial charge in [-0.3, -0.25) is 9.59 Å². The summed E-state index contributed by atoms with van der Waals surface area (Å²) in [5.74, 6) is -1.51. The summed E-state index contributed by atoms with van der Waals surface area (Å²) in [6, 6.07) is 11.5. The van der Waals surface area contributed by atoms with Crippen LogP contribution in [0.1, 0.15) is 25.2 Å². The van der Waals surface area contributed by atoms with Crippen LogP contribution in [0, 0.1) is 5.92 Å². The Bertz CT molecular complexity index is 773. The maximum atomic E-state index is 12.9. The van der Waals surface area contributed by atoms with Crippen LogP contribution in [-0.2, 0) is 27.5 Å². The van der Waals surface area contributed by atoms with Gasteiger partial charge < -0.3 is 24.5 Å². The van der Waals surface area contributed by atoms with Crippen LogP contribution in [0.5, 0.6) is 0 Å². The van der Waals surface area contributed by atoms with Crippen LogP contribution in [-0.4, -0.2) is 40.6 Å². The van der Waals surface area contributed by atoms with Gasteiger partial charge in [0, 0.05) is 0 Å². The summed E-state index contributed by atoms with van der Waals surface area (Å²) in [6.07, 6.45) is 0.696. The minimum atomic E-state index is -1.16. The Kier molecular flexibility index (Phi) is 7.62. The molecule has 0 spiro atoms. The number of benzene rings is 1. The number of nitrogens with one attached hydrogen (secondary N) is 1. The number of carboxylic acid groups (broad SMARTS) is 1. The Morgan fingerprint density at radius 2 is 1.86 bits per heavy atom. The average molecular weight is 388 g/mol. The summed E-state index contributed by atoms with van der Waals surface area (Å²) in [5, 5.41) is 11.7. The first kappa shape index (κ1) is 21.0. The predicted octanol–water partition coefficient (Wildman–Crippen LogP) is 2.64. The maximum Gasteiger partial charge on any atom is 0.408 e. The predicted molar refractivity (Wildman–Crippen MR) is 100 cm³/mol. The summed E-state index contributed by atoms with van der Waals surface area (Å²) in [7, 11) is 0. The van der Waals surface area contributed by atoms with E-state index < -0.39 is 30.6 Å². The number of hydrogen-bond acceptors (Lipinski definition) is 5. The molecular weight excluding hydrogens is 364 g/mol. The molecular formula is C20H24N2O6. The number of carbonyl (C=O) groups is 3. The molecule has 150 valence electrons. The molecule has 0 saturated heterocycles. The van der Waals surface area contributed by atoms with Crippen molar-refractivity contribution in [2.24, 2.45) is 5.92 Å². The number of aliphatic carboxylic acids is 1. The van der Waals surface area contributed by atoms with Crippen LogP contribution in [0.2, 0.25) is 0 Å². The highest BCUT2D eigenvalue weighted by atomic mass is 16.5. The largest absolute Gasteiger partial charge is 0.480 e. The molecule has 28 heavy (non-hydrogen) atoms. The van der Waals surface area contributed by atoms with E-state index in [2.05, 4.69) is 5.32 Å². The lowest BCUT2D eigenvalue weighted by Gasteiger charge is -2.28. The molecule has 2 N–H and O–H groups in total. The Hall–Kier alpha value is -3.29. The van der Waals surface area contributed by atoms with E-state index in [1.54, 1.807) is 26.0 Å². The van der Waals surface area contributed by atoms with Gasteiger partial charge in [-0.1, -0.05) is 44.2 Å². The summed E-state index contributed by atoms with van der Waals surface area (Å²) >= 11 is 0. The van der Waals surface area contributed by atoms with E-state index >= 15 is 0 Å². The average Bonchev–Trinajstić information content (AvgIpc) is 3.17. The van der Waals surface area contributed by atoms with Gasteiger partial charge in [0.15, 0.2) is 0 Å². The molecule has 1 aromatic carbocycles. The fourth-order valence-electron chi connectivity index (χ4n) is 2.57. The highest BCUT2D eigenvalue weighted by molar-refractivity contribution is 5.88. The fraction of sp³-hybridized carbons (Fsp3) is 0.350. The number of carboxylic acids is 1. The van der Waals surface area contributed by atoms with E-state index in [0.717, 1.165) is 10.5 Å². The standard InChI is InChI=1S/C20H24N2O6/c1-14(2)18(21-20(26)28-13-15-7-4-3-5-8-15)19(25)22(12-17(23)24)11-16-9-6-10-27-16/h3-10,14,18H,11-13H2,1-2H3,(H,21,26)(H,23,24)/t18-/m0/s1. The lowest BCUT2D eigenvalue weighted by molar-refractivity contribution is -0.146. The van der Waals surface area contributed by atoms with E-state index in [-0.39, 0.29) is 19.1 Å². The minimum Gasteiger partial charge on any atom is -0.480 e. The van der Waals surface area contributed by atoms with Crippen LogP contribution < -0.4 is 5.32 Å². The minimum absolute atomic E-state index is 0.0118. The number of hydrogen-bond donors (Lipinski definition) is 2. The molecule has 8 heteroatoms. The van der Waals surface area contributed by atoms with Gasteiger partial charge in [0.05, 0.1) is 12.8 Å². The van der Waals surface area contributed by atoms with Crippen molar-refractivity contribution in [3.8, 4) is 0 Å². The van der Waals surface area contributed by atoms with Gasteiger partial charge >= 0.3 is 12.1 Å². The number of furan rings is 1. The van der Waals surface area contributed by atoms with Gasteiger partial charge in [-0.25, -0.2) is 4.79 Å². The van der Waals surface area contributed by atoms with Crippen molar-refractivity contribution in [2.45, 2.75) is 33.0 Å². The summed E-state index contributed by atoms with van der Waals surface area (Å²) in [6.45, 7) is 3.06. The number of nitrogens with zero attached hydrogens (tertiary/aromatic N) is 1. The molecule has 8 nitrogen and oxygen atoms in total. The van der Waals surface area contributed by atoms with Crippen LogP contribution in [0.25, 0.3) is 0 Å². The molecule has 1 heterocycles. The first-order valence-corrected chi connectivity index (χ1v) is 8.87. The molecule has 0 aliphatic carbocycles. The number of ether oxygens (including phenoxy) is 1. The lowest BCUT2D eigenvalue weighted by atomic mass is 10.0. The van der Waals surface area contributed by atoms with Crippen LogP contribution in [0.3, 0.4) is 0 Å². The zero-order valence-electron chi connectivity index (χ0n) is 15.8. The molecule has 2 aromatic rings. The normalized spacial score (nSPS) is 11.7. The second kappa shape index (κ2) is 10.1. The van der Waals surface area contributed by atoms with Gasteiger partial charge in [-0.05, 0) is 23.6 Å². The third-order valence-corrected chi connectivity index (χ3v) is 3.98. The molecule has 1 atom stereocenters. The topological polar surface area (TPSA) is 109 Å². The van der Waals surface area contributed by atoms with E-state index in [4.69, 9.17) is 14.3 Å². The van der Waals surface area contributed by atoms with Crippen LogP contribution in [0.4, 0.5) is 4.79 Å². The number of alkyl carbamates (subject to hydrolysis) is 1.